The van der Waals surface area contributed by atoms with Crippen molar-refractivity contribution in [3.63, 3.8) is 0 Å². The number of aromatic nitrogens is 1. The van der Waals surface area contributed by atoms with Gasteiger partial charge in [-0.15, -0.1) is 0 Å². The molecule has 0 unspecified atom stereocenters. The van der Waals surface area contributed by atoms with Gasteiger partial charge in [-0.2, -0.15) is 0 Å². The van der Waals surface area contributed by atoms with Crippen molar-refractivity contribution in [3.8, 4) is 0 Å². The lowest BCUT2D eigenvalue weighted by Gasteiger charge is -2.32. The summed E-state index contributed by atoms with van der Waals surface area (Å²) in [6, 6.07) is 1.62. The van der Waals surface area contributed by atoms with Gasteiger partial charge in [-0.25, -0.2) is 0 Å². The Morgan fingerprint density at radius 3 is 2.43 bits per heavy atom. The molecule has 1 saturated heterocycles. The highest BCUT2D eigenvalue weighted by Gasteiger charge is 2.52. The summed E-state index contributed by atoms with van der Waals surface area (Å²) in [6.07, 6.45) is 5.57. The van der Waals surface area contributed by atoms with Crippen LogP contribution in [-0.4, -0.2) is 41.3 Å². The van der Waals surface area contributed by atoms with E-state index in [1.807, 2.05) is 27.7 Å². The fourth-order valence-corrected chi connectivity index (χ4v) is 2.03. The molecule has 1 aromatic rings. The molecule has 0 bridgehead atoms. The maximum atomic E-state index is 11.0. The van der Waals surface area contributed by atoms with Crippen molar-refractivity contribution in [2.24, 2.45) is 0 Å². The number of pyridine rings is 1. The van der Waals surface area contributed by atoms with E-state index in [2.05, 4.69) is 4.98 Å². The summed E-state index contributed by atoms with van der Waals surface area (Å²) in [6.45, 7) is 7.57. The van der Waals surface area contributed by atoms with Crippen LogP contribution in [0.5, 0.6) is 0 Å². The minimum Gasteiger partial charge on any atom is -0.400 e. The second kappa shape index (κ2) is 5.71. The molecule has 1 aromatic heterocycles. The Morgan fingerprint density at radius 1 is 1.29 bits per heavy atom. The number of rotatable bonds is 4. The van der Waals surface area contributed by atoms with Gasteiger partial charge < -0.3 is 14.4 Å². The molecular weight excluding hydrogens is 269 g/mol. The minimum atomic E-state index is -0.639. The van der Waals surface area contributed by atoms with Gasteiger partial charge in [-0.05, 0) is 39.2 Å². The van der Waals surface area contributed by atoms with Gasteiger partial charge in [0, 0.05) is 23.5 Å². The molecule has 0 saturated carbocycles. The second-order valence-corrected chi connectivity index (χ2v) is 6.09. The van der Waals surface area contributed by atoms with E-state index in [-0.39, 0.29) is 6.61 Å². The Balaban J connectivity index is 2.33. The van der Waals surface area contributed by atoms with E-state index in [4.69, 9.17) is 9.31 Å². The van der Waals surface area contributed by atoms with Crippen LogP contribution in [0.15, 0.2) is 23.9 Å². The van der Waals surface area contributed by atoms with Crippen LogP contribution in [0.2, 0.25) is 0 Å². The molecule has 6 heteroatoms. The number of hydrogen-bond acceptors (Lipinski definition) is 5. The summed E-state index contributed by atoms with van der Waals surface area (Å²) in [5.41, 5.74) is 0.742. The molecule has 1 aliphatic rings. The number of nitrogens with zero attached hydrogens (tertiary/aromatic N) is 1. The van der Waals surface area contributed by atoms with Crippen LogP contribution >= 0.6 is 0 Å². The van der Waals surface area contributed by atoms with Crippen LogP contribution in [0.4, 0.5) is 0 Å². The van der Waals surface area contributed by atoms with Gasteiger partial charge in [0.2, 0.25) is 0 Å². The van der Waals surface area contributed by atoms with Gasteiger partial charge in [-0.3, -0.25) is 9.78 Å². The summed E-state index contributed by atoms with van der Waals surface area (Å²) >= 11 is 0. The second-order valence-electron chi connectivity index (χ2n) is 6.09. The van der Waals surface area contributed by atoms with E-state index in [0.29, 0.717) is 16.6 Å². The Kier molecular flexibility index (Phi) is 4.32. The molecule has 0 spiro atoms. The summed E-state index contributed by atoms with van der Waals surface area (Å²) in [5.74, 6) is 0. The van der Waals surface area contributed by atoms with Crippen LogP contribution in [0.25, 0.3) is 6.08 Å². The monoisotopic (exact) mass is 289 g/mol. The van der Waals surface area contributed by atoms with E-state index < -0.39 is 18.3 Å². The predicted octanol–water partition coefficient (Wildman–Crippen LogP) is 1.90. The first kappa shape index (κ1) is 15.9. The molecule has 21 heavy (non-hydrogen) atoms. The molecule has 1 N–H and O–H groups in total. The maximum absolute atomic E-state index is 11.0. The van der Waals surface area contributed by atoms with Crippen LogP contribution in [-0.2, 0) is 9.31 Å². The zero-order chi connectivity index (χ0) is 15.7. The molecule has 0 aromatic carbocycles. The third-order valence-corrected chi connectivity index (χ3v) is 4.09. The zero-order valence-corrected chi connectivity index (χ0v) is 12.8. The van der Waals surface area contributed by atoms with Crippen molar-refractivity contribution >= 4 is 19.5 Å². The maximum Gasteiger partial charge on any atom is 0.492 e. The number of aldehydes is 1. The third-order valence-electron chi connectivity index (χ3n) is 4.09. The van der Waals surface area contributed by atoms with Gasteiger partial charge in [0.25, 0.3) is 0 Å². The van der Waals surface area contributed by atoms with Crippen molar-refractivity contribution in [1.82, 2.24) is 4.98 Å². The lowest BCUT2D eigenvalue weighted by molar-refractivity contribution is 0.00578. The highest BCUT2D eigenvalue weighted by atomic mass is 16.7. The van der Waals surface area contributed by atoms with Gasteiger partial charge in [-0.1, -0.05) is 6.08 Å². The third kappa shape index (κ3) is 3.07. The van der Waals surface area contributed by atoms with Crippen LogP contribution in [0, 0.1) is 0 Å². The molecule has 0 atom stereocenters. The molecule has 1 aliphatic heterocycles. The SMILES string of the molecule is CC1(C)OB(C(=Cc2cnccc2C=O)CO)OC1(C)C. The number of aliphatic hydroxyl groups is 1. The van der Waals surface area contributed by atoms with Gasteiger partial charge in [0.05, 0.1) is 17.8 Å². The average molecular weight is 289 g/mol. The van der Waals surface area contributed by atoms with Crippen LogP contribution < -0.4 is 0 Å². The Hall–Kier alpha value is -1.50. The topological polar surface area (TPSA) is 68.7 Å². The molecular formula is C15H20BNO4. The van der Waals surface area contributed by atoms with Gasteiger partial charge in [0.15, 0.2) is 6.29 Å². The van der Waals surface area contributed by atoms with E-state index in [9.17, 15) is 9.90 Å². The molecule has 5 nitrogen and oxygen atoms in total. The van der Waals surface area contributed by atoms with E-state index in [0.717, 1.165) is 6.29 Å². The fraction of sp³-hybridized carbons (Fsp3) is 0.467. The fourth-order valence-electron chi connectivity index (χ4n) is 2.03. The lowest BCUT2D eigenvalue weighted by Crippen LogP contribution is -2.41. The number of carbonyl (C=O) groups is 1. The molecule has 112 valence electrons. The minimum absolute atomic E-state index is 0.218. The van der Waals surface area contributed by atoms with Crippen molar-refractivity contribution in [2.75, 3.05) is 6.61 Å². The van der Waals surface area contributed by atoms with Crippen LogP contribution in [0.1, 0.15) is 43.6 Å². The molecule has 0 amide bonds. The van der Waals surface area contributed by atoms with Crippen molar-refractivity contribution in [3.05, 3.63) is 35.1 Å². The standard InChI is InChI=1S/C15H20BNO4/c1-14(2)15(3,4)21-16(20-14)13(10-19)7-12-8-17-6-5-11(12)9-18/h5-9,19H,10H2,1-4H3. The molecule has 2 rings (SSSR count). The summed E-state index contributed by atoms with van der Waals surface area (Å²) in [4.78, 5) is 15.0. The highest BCUT2D eigenvalue weighted by molar-refractivity contribution is 6.55. The van der Waals surface area contributed by atoms with Crippen molar-refractivity contribution < 1.29 is 19.2 Å². The van der Waals surface area contributed by atoms with E-state index in [1.165, 1.54) is 0 Å². The Morgan fingerprint density at radius 2 is 1.90 bits per heavy atom. The molecule has 0 aliphatic carbocycles. The first-order chi connectivity index (χ1) is 9.80. The first-order valence-corrected chi connectivity index (χ1v) is 6.87. The largest absolute Gasteiger partial charge is 0.492 e. The average Bonchev–Trinajstić information content (AvgIpc) is 2.65. The number of hydrogen-bond donors (Lipinski definition) is 1. The lowest BCUT2D eigenvalue weighted by atomic mass is 9.77. The summed E-state index contributed by atoms with van der Waals surface area (Å²) in [5, 5.41) is 9.61. The van der Waals surface area contributed by atoms with Crippen molar-refractivity contribution in [2.45, 2.75) is 38.9 Å². The number of aliphatic hydroxyl groups excluding tert-OH is 1. The first-order valence-electron chi connectivity index (χ1n) is 6.87. The van der Waals surface area contributed by atoms with E-state index >= 15 is 0 Å². The summed E-state index contributed by atoms with van der Waals surface area (Å²) < 4.78 is 11.8. The summed E-state index contributed by atoms with van der Waals surface area (Å²) in [7, 11) is -0.639. The Bertz CT molecular complexity index is 553. The van der Waals surface area contributed by atoms with Gasteiger partial charge >= 0.3 is 7.12 Å². The predicted molar refractivity (Wildman–Crippen MR) is 80.8 cm³/mol. The highest BCUT2D eigenvalue weighted by Crippen LogP contribution is 2.38. The zero-order valence-electron chi connectivity index (χ0n) is 12.8. The molecule has 1 fully saturated rings. The van der Waals surface area contributed by atoms with Crippen molar-refractivity contribution in [1.29, 1.82) is 0 Å². The normalized spacial score (nSPS) is 20.6. The number of carbonyl (C=O) groups excluding carboxylic acids is 1. The molecule has 2 heterocycles. The smallest absolute Gasteiger partial charge is 0.400 e. The van der Waals surface area contributed by atoms with Gasteiger partial charge in [0.1, 0.15) is 0 Å². The molecule has 0 radical (unpaired) electrons. The van der Waals surface area contributed by atoms with E-state index in [1.54, 1.807) is 24.5 Å². The van der Waals surface area contributed by atoms with Crippen LogP contribution in [0.3, 0.4) is 0 Å². The quantitative estimate of drug-likeness (QED) is 0.677. The Labute approximate surface area is 125 Å².